The van der Waals surface area contributed by atoms with Crippen molar-refractivity contribution in [3.63, 3.8) is 0 Å². The summed E-state index contributed by atoms with van der Waals surface area (Å²) in [5, 5.41) is 5.23. The molecule has 9 nitrogen and oxygen atoms in total. The molecule has 0 saturated carbocycles. The molecule has 0 atom stereocenters. The molecule has 2 amide bonds. The van der Waals surface area contributed by atoms with Crippen molar-refractivity contribution in [1.82, 2.24) is 9.62 Å². The highest BCUT2D eigenvalue weighted by Crippen LogP contribution is 2.30. The second-order valence-corrected chi connectivity index (χ2v) is 8.12. The second kappa shape index (κ2) is 10.8. The van der Waals surface area contributed by atoms with Gasteiger partial charge in [-0.3, -0.25) is 9.59 Å². The van der Waals surface area contributed by atoms with Gasteiger partial charge in [-0.15, -0.1) is 0 Å². The summed E-state index contributed by atoms with van der Waals surface area (Å²) in [5.41, 5.74) is 0.326. The van der Waals surface area contributed by atoms with Crippen LogP contribution < -0.4 is 15.4 Å². The Kier molecular flexibility index (Phi) is 8.43. The Morgan fingerprint density at radius 1 is 1.13 bits per heavy atom. The number of nitrogens with one attached hydrogen (secondary N) is 2. The van der Waals surface area contributed by atoms with E-state index in [0.717, 1.165) is 0 Å². The van der Waals surface area contributed by atoms with Gasteiger partial charge in [0.2, 0.25) is 15.9 Å². The lowest BCUT2D eigenvalue weighted by Crippen LogP contribution is -2.31. The first-order valence-electron chi connectivity index (χ1n) is 9.72. The molecule has 1 aromatic carbocycles. The molecule has 0 bridgehead atoms. The highest BCUT2D eigenvalue weighted by molar-refractivity contribution is 7.89. The quantitative estimate of drug-likeness (QED) is 0.558. The van der Waals surface area contributed by atoms with E-state index in [-0.39, 0.29) is 35.3 Å². The van der Waals surface area contributed by atoms with Crippen molar-refractivity contribution < 1.29 is 27.2 Å². The van der Waals surface area contributed by atoms with E-state index in [1.165, 1.54) is 28.8 Å². The zero-order chi connectivity index (χ0) is 22.1. The summed E-state index contributed by atoms with van der Waals surface area (Å²) in [6.45, 7) is 6.32. The number of carbonyl (C=O) groups excluding carboxylic acids is 2. The molecule has 0 radical (unpaired) electrons. The zero-order valence-electron chi connectivity index (χ0n) is 17.3. The number of ether oxygens (including phenoxy) is 1. The number of carbonyl (C=O) groups is 2. The minimum Gasteiger partial charge on any atom is -0.492 e. The lowest BCUT2D eigenvalue weighted by Gasteiger charge is -2.21. The van der Waals surface area contributed by atoms with E-state index in [1.54, 1.807) is 32.9 Å². The number of sulfonamides is 1. The molecule has 0 fully saturated rings. The van der Waals surface area contributed by atoms with Crippen LogP contribution in [0.25, 0.3) is 0 Å². The molecular weight excluding hydrogens is 410 g/mol. The number of hydrogen-bond acceptors (Lipinski definition) is 6. The summed E-state index contributed by atoms with van der Waals surface area (Å²) in [6, 6.07) is 7.60. The topological polar surface area (TPSA) is 118 Å². The summed E-state index contributed by atoms with van der Waals surface area (Å²) in [7, 11) is -3.78. The molecule has 2 aromatic rings. The van der Waals surface area contributed by atoms with Crippen LogP contribution in [0.1, 0.15) is 37.7 Å². The third-order valence-corrected chi connectivity index (χ3v) is 6.30. The number of hydrogen-bond donors (Lipinski definition) is 2. The van der Waals surface area contributed by atoms with Gasteiger partial charge in [0.25, 0.3) is 5.91 Å². The van der Waals surface area contributed by atoms with Crippen molar-refractivity contribution in [2.24, 2.45) is 0 Å². The molecule has 30 heavy (non-hydrogen) atoms. The molecule has 0 spiro atoms. The van der Waals surface area contributed by atoms with Gasteiger partial charge in [0.05, 0.1) is 12.9 Å². The third kappa shape index (κ3) is 5.83. The van der Waals surface area contributed by atoms with E-state index in [0.29, 0.717) is 25.4 Å². The molecule has 0 aliphatic carbocycles. The van der Waals surface area contributed by atoms with Crippen molar-refractivity contribution in [3.05, 3.63) is 42.4 Å². The summed E-state index contributed by atoms with van der Waals surface area (Å²) in [4.78, 5) is 24.0. The van der Waals surface area contributed by atoms with Gasteiger partial charge in [-0.05, 0) is 37.3 Å². The maximum absolute atomic E-state index is 13.0. The van der Waals surface area contributed by atoms with Gasteiger partial charge in [-0.1, -0.05) is 13.8 Å². The van der Waals surface area contributed by atoms with Crippen molar-refractivity contribution in [3.8, 4) is 5.75 Å². The van der Waals surface area contributed by atoms with Crippen molar-refractivity contribution in [2.45, 2.75) is 32.1 Å². The molecule has 0 unspecified atom stereocenters. The smallest absolute Gasteiger partial charge is 0.286 e. The Balaban J connectivity index is 2.08. The molecular formula is C20H27N3O6S. The fourth-order valence-corrected chi connectivity index (χ4v) is 4.39. The van der Waals surface area contributed by atoms with Crippen molar-refractivity contribution in [2.75, 3.05) is 31.6 Å². The van der Waals surface area contributed by atoms with E-state index in [4.69, 9.17) is 9.15 Å². The number of amides is 2. The lowest BCUT2D eigenvalue weighted by atomic mass is 10.3. The molecule has 0 aliphatic heterocycles. The van der Waals surface area contributed by atoms with E-state index in [2.05, 4.69) is 10.6 Å². The van der Waals surface area contributed by atoms with Crippen LogP contribution in [0.5, 0.6) is 5.75 Å². The van der Waals surface area contributed by atoms with Gasteiger partial charge < -0.3 is 19.8 Å². The maximum atomic E-state index is 13.0. The summed E-state index contributed by atoms with van der Waals surface area (Å²) < 4.78 is 37.7. The van der Waals surface area contributed by atoms with E-state index in [1.807, 2.05) is 0 Å². The van der Waals surface area contributed by atoms with E-state index >= 15 is 0 Å². The molecule has 2 rings (SSSR count). The predicted molar refractivity (Wildman–Crippen MR) is 112 cm³/mol. The summed E-state index contributed by atoms with van der Waals surface area (Å²) in [5.74, 6) is -0.396. The zero-order valence-corrected chi connectivity index (χ0v) is 18.1. The van der Waals surface area contributed by atoms with Crippen molar-refractivity contribution in [1.29, 1.82) is 0 Å². The van der Waals surface area contributed by atoms with Crippen LogP contribution in [0.3, 0.4) is 0 Å². The Hall–Kier alpha value is -2.85. The number of rotatable bonds is 11. The number of furan rings is 1. The first-order valence-corrected chi connectivity index (χ1v) is 11.2. The van der Waals surface area contributed by atoms with Crippen LogP contribution in [-0.2, 0) is 14.8 Å². The van der Waals surface area contributed by atoms with Crippen LogP contribution in [0.15, 0.2) is 45.9 Å². The van der Waals surface area contributed by atoms with Crippen LogP contribution in [-0.4, -0.2) is 50.8 Å². The van der Waals surface area contributed by atoms with Gasteiger partial charge in [0.15, 0.2) is 5.76 Å². The fraction of sp³-hybridized carbons (Fsp3) is 0.400. The Labute approximate surface area is 176 Å². The number of benzene rings is 1. The predicted octanol–water partition coefficient (Wildman–Crippen LogP) is 2.47. The van der Waals surface area contributed by atoms with Gasteiger partial charge in [-0.2, -0.15) is 4.31 Å². The molecule has 164 valence electrons. The third-order valence-electron chi connectivity index (χ3n) is 4.23. The lowest BCUT2D eigenvalue weighted by molar-refractivity contribution is -0.116. The first-order chi connectivity index (χ1) is 14.3. The van der Waals surface area contributed by atoms with Gasteiger partial charge in [-0.25, -0.2) is 8.42 Å². The molecule has 2 N–H and O–H groups in total. The average molecular weight is 438 g/mol. The molecule has 1 aromatic heterocycles. The Morgan fingerprint density at radius 2 is 1.87 bits per heavy atom. The van der Waals surface area contributed by atoms with Crippen LogP contribution >= 0.6 is 0 Å². The number of nitrogens with zero attached hydrogens (tertiary/aromatic N) is 1. The SMILES string of the molecule is CCOc1ccc(NC(=O)CCNC(=O)c2ccco2)cc1S(=O)(=O)N(CC)CC. The largest absolute Gasteiger partial charge is 0.492 e. The minimum atomic E-state index is -3.78. The van der Waals surface area contributed by atoms with Gasteiger partial charge in [0, 0.05) is 31.7 Å². The standard InChI is InChI=1S/C20H27N3O6S/c1-4-23(5-2)30(26,27)18-14-15(9-10-16(18)28-6-3)22-19(24)11-12-21-20(25)17-8-7-13-29-17/h7-10,13-14H,4-6,11-12H2,1-3H3,(H,21,25)(H,22,24). The van der Waals surface area contributed by atoms with Crippen LogP contribution in [0, 0.1) is 0 Å². The Morgan fingerprint density at radius 3 is 2.47 bits per heavy atom. The molecule has 0 aliphatic rings. The Bertz CT molecular complexity index is 953. The molecule has 10 heteroatoms. The summed E-state index contributed by atoms with van der Waals surface area (Å²) in [6.07, 6.45) is 1.40. The maximum Gasteiger partial charge on any atom is 0.286 e. The van der Waals surface area contributed by atoms with Crippen LogP contribution in [0.4, 0.5) is 5.69 Å². The fourth-order valence-electron chi connectivity index (χ4n) is 2.77. The monoisotopic (exact) mass is 437 g/mol. The average Bonchev–Trinajstić information content (AvgIpc) is 3.25. The van der Waals surface area contributed by atoms with Gasteiger partial charge in [0.1, 0.15) is 10.6 Å². The summed E-state index contributed by atoms with van der Waals surface area (Å²) >= 11 is 0. The van der Waals surface area contributed by atoms with E-state index in [9.17, 15) is 18.0 Å². The van der Waals surface area contributed by atoms with E-state index < -0.39 is 15.9 Å². The highest BCUT2D eigenvalue weighted by Gasteiger charge is 2.26. The second-order valence-electron chi connectivity index (χ2n) is 6.22. The molecule has 0 saturated heterocycles. The van der Waals surface area contributed by atoms with Crippen LogP contribution in [0.2, 0.25) is 0 Å². The normalized spacial score (nSPS) is 11.3. The highest BCUT2D eigenvalue weighted by atomic mass is 32.2. The van der Waals surface area contributed by atoms with Gasteiger partial charge >= 0.3 is 0 Å². The first kappa shape index (κ1) is 23.4. The molecule has 1 heterocycles. The minimum absolute atomic E-state index is 0.00280. The van der Waals surface area contributed by atoms with Crippen molar-refractivity contribution >= 4 is 27.5 Å². The number of anilines is 1.